The van der Waals surface area contributed by atoms with Crippen LogP contribution in [0.3, 0.4) is 0 Å². The summed E-state index contributed by atoms with van der Waals surface area (Å²) in [7, 11) is 1.84. The van der Waals surface area contributed by atoms with E-state index in [0.717, 1.165) is 23.6 Å². The van der Waals surface area contributed by atoms with Gasteiger partial charge in [0.15, 0.2) is 5.96 Å². The van der Waals surface area contributed by atoms with Crippen LogP contribution in [-0.4, -0.2) is 48.1 Å². The predicted octanol–water partition coefficient (Wildman–Crippen LogP) is 2.73. The number of thiazole rings is 1. The number of hydrogen-bond acceptors (Lipinski definition) is 4. The van der Waals surface area contributed by atoms with E-state index in [9.17, 15) is 0 Å². The van der Waals surface area contributed by atoms with Crippen LogP contribution in [0.15, 0.2) is 10.4 Å². The summed E-state index contributed by atoms with van der Waals surface area (Å²) < 4.78 is 0. The highest BCUT2D eigenvalue weighted by atomic mass is 32.1. The van der Waals surface area contributed by atoms with Crippen LogP contribution in [0.1, 0.15) is 57.2 Å². The quantitative estimate of drug-likeness (QED) is 0.648. The van der Waals surface area contributed by atoms with Crippen molar-refractivity contribution in [2.75, 3.05) is 20.1 Å². The Balaban J connectivity index is 1.44. The predicted molar refractivity (Wildman–Crippen MR) is 102 cm³/mol. The smallest absolute Gasteiger partial charge is 0.191 e. The zero-order chi connectivity index (χ0) is 17.2. The average molecular weight is 350 g/mol. The molecule has 2 N–H and O–H groups in total. The van der Waals surface area contributed by atoms with Gasteiger partial charge in [-0.1, -0.05) is 20.8 Å². The van der Waals surface area contributed by atoms with Gasteiger partial charge in [0.05, 0.1) is 12.2 Å². The molecule has 5 nitrogen and oxygen atoms in total. The van der Waals surface area contributed by atoms with E-state index in [1.54, 1.807) is 11.3 Å². The number of piperidine rings is 1. The molecule has 2 aliphatic rings. The van der Waals surface area contributed by atoms with Gasteiger partial charge in [0.2, 0.25) is 0 Å². The summed E-state index contributed by atoms with van der Waals surface area (Å²) in [5, 5.41) is 10.3. The fraction of sp³-hybridized carbons (Fsp3) is 0.778. The van der Waals surface area contributed by atoms with E-state index in [4.69, 9.17) is 4.98 Å². The third kappa shape index (κ3) is 4.70. The topological polar surface area (TPSA) is 52.6 Å². The first-order valence-corrected chi connectivity index (χ1v) is 10.00. The van der Waals surface area contributed by atoms with Crippen LogP contribution in [0.5, 0.6) is 0 Å². The fourth-order valence-corrected chi connectivity index (χ4v) is 4.09. The molecule has 0 spiro atoms. The number of guanidine groups is 1. The van der Waals surface area contributed by atoms with Crippen molar-refractivity contribution in [1.29, 1.82) is 0 Å². The highest BCUT2D eigenvalue weighted by Gasteiger charge is 2.31. The molecule has 2 heterocycles. The van der Waals surface area contributed by atoms with Gasteiger partial charge in [0.25, 0.3) is 0 Å². The van der Waals surface area contributed by atoms with Crippen molar-refractivity contribution < 1.29 is 0 Å². The minimum atomic E-state index is 0.115. The van der Waals surface area contributed by atoms with Crippen LogP contribution in [0, 0.1) is 0 Å². The number of aliphatic imine (C=N–C) groups is 1. The third-order valence-electron chi connectivity index (χ3n) is 4.88. The first-order chi connectivity index (χ1) is 11.5. The Hall–Kier alpha value is -1.14. The number of nitrogens with zero attached hydrogens (tertiary/aromatic N) is 3. The van der Waals surface area contributed by atoms with Gasteiger partial charge in [0, 0.05) is 43.0 Å². The number of nitrogens with one attached hydrogen (secondary N) is 2. The van der Waals surface area contributed by atoms with Crippen molar-refractivity contribution in [2.24, 2.45) is 4.99 Å². The van der Waals surface area contributed by atoms with E-state index in [2.05, 4.69) is 46.7 Å². The first kappa shape index (κ1) is 17.7. The lowest BCUT2D eigenvalue weighted by atomic mass is 9.93. The molecule has 24 heavy (non-hydrogen) atoms. The molecular weight excluding hydrogens is 318 g/mol. The Kier molecular flexibility index (Phi) is 5.45. The molecular formula is C18H31N5S. The van der Waals surface area contributed by atoms with Crippen LogP contribution in [0.25, 0.3) is 0 Å². The highest BCUT2D eigenvalue weighted by molar-refractivity contribution is 7.09. The number of rotatable bonds is 4. The van der Waals surface area contributed by atoms with E-state index < -0.39 is 0 Å². The van der Waals surface area contributed by atoms with Crippen molar-refractivity contribution in [3.05, 3.63) is 16.1 Å². The summed E-state index contributed by atoms with van der Waals surface area (Å²) in [6.45, 7) is 9.79. The number of hydrogen-bond donors (Lipinski definition) is 2. The van der Waals surface area contributed by atoms with Crippen LogP contribution in [0.4, 0.5) is 0 Å². The number of aromatic nitrogens is 1. The fourth-order valence-electron chi connectivity index (χ4n) is 3.13. The van der Waals surface area contributed by atoms with Gasteiger partial charge in [-0.25, -0.2) is 4.98 Å². The van der Waals surface area contributed by atoms with Gasteiger partial charge in [-0.2, -0.15) is 0 Å². The summed E-state index contributed by atoms with van der Waals surface area (Å²) in [4.78, 5) is 11.8. The molecule has 0 amide bonds. The summed E-state index contributed by atoms with van der Waals surface area (Å²) in [6.07, 6.45) is 5.24. The van der Waals surface area contributed by atoms with E-state index in [1.165, 1.54) is 44.5 Å². The second kappa shape index (κ2) is 7.40. The second-order valence-corrected chi connectivity index (χ2v) is 8.93. The lowest BCUT2D eigenvalue weighted by molar-refractivity contribution is 0.197. The van der Waals surface area contributed by atoms with Crippen molar-refractivity contribution >= 4 is 17.3 Å². The molecule has 6 heteroatoms. The van der Waals surface area contributed by atoms with Gasteiger partial charge >= 0.3 is 0 Å². The summed E-state index contributed by atoms with van der Waals surface area (Å²) in [6, 6.07) is 1.43. The summed E-state index contributed by atoms with van der Waals surface area (Å²) in [5.74, 6) is 0.896. The zero-order valence-corrected chi connectivity index (χ0v) is 16.2. The molecule has 0 bridgehead atoms. The highest BCUT2D eigenvalue weighted by Crippen LogP contribution is 2.29. The van der Waals surface area contributed by atoms with E-state index in [0.29, 0.717) is 6.04 Å². The molecule has 0 atom stereocenters. The number of likely N-dealkylation sites (tertiary alicyclic amines) is 1. The molecule has 0 aromatic carbocycles. The van der Waals surface area contributed by atoms with Crippen LogP contribution < -0.4 is 10.6 Å². The second-order valence-electron chi connectivity index (χ2n) is 7.99. The van der Waals surface area contributed by atoms with Crippen molar-refractivity contribution in [3.8, 4) is 0 Å². The standard InChI is InChI=1S/C18H31N5S/c1-18(2,3)15-12-24-16(22-15)11-20-17(19-4)21-13-7-9-23(10-8-13)14-5-6-14/h12-14H,5-11H2,1-4H3,(H2,19,20,21). The molecule has 1 saturated heterocycles. The minimum absolute atomic E-state index is 0.115. The molecule has 1 aliphatic heterocycles. The van der Waals surface area contributed by atoms with Gasteiger partial charge in [-0.15, -0.1) is 11.3 Å². The maximum Gasteiger partial charge on any atom is 0.191 e. The first-order valence-electron chi connectivity index (χ1n) is 9.12. The molecule has 3 rings (SSSR count). The zero-order valence-electron chi connectivity index (χ0n) is 15.4. The van der Waals surface area contributed by atoms with Crippen molar-refractivity contribution in [3.63, 3.8) is 0 Å². The Morgan fingerprint density at radius 2 is 2.00 bits per heavy atom. The van der Waals surface area contributed by atoms with Gasteiger partial charge < -0.3 is 15.5 Å². The minimum Gasteiger partial charge on any atom is -0.354 e. The Morgan fingerprint density at radius 3 is 2.54 bits per heavy atom. The Morgan fingerprint density at radius 1 is 1.29 bits per heavy atom. The van der Waals surface area contributed by atoms with Crippen molar-refractivity contribution in [2.45, 2.75) is 70.5 Å². The molecule has 2 fully saturated rings. The molecule has 0 unspecified atom stereocenters. The third-order valence-corrected chi connectivity index (χ3v) is 5.73. The molecule has 134 valence electrons. The monoisotopic (exact) mass is 349 g/mol. The van der Waals surface area contributed by atoms with Gasteiger partial charge in [-0.3, -0.25) is 4.99 Å². The van der Waals surface area contributed by atoms with Gasteiger partial charge in [0.1, 0.15) is 5.01 Å². The molecule has 1 aliphatic carbocycles. The van der Waals surface area contributed by atoms with Crippen LogP contribution >= 0.6 is 11.3 Å². The SMILES string of the molecule is CN=C(NCc1nc(C(C)(C)C)cs1)NC1CCN(C2CC2)CC1. The molecule has 0 radical (unpaired) electrons. The lowest BCUT2D eigenvalue weighted by Crippen LogP contribution is -2.48. The molecule has 1 saturated carbocycles. The normalized spacial score (nSPS) is 21.1. The maximum atomic E-state index is 4.74. The maximum absolute atomic E-state index is 4.74. The molecule has 1 aromatic rings. The Labute approximate surface area is 150 Å². The summed E-state index contributed by atoms with van der Waals surface area (Å²) >= 11 is 1.72. The van der Waals surface area contributed by atoms with Gasteiger partial charge in [-0.05, 0) is 25.7 Å². The van der Waals surface area contributed by atoms with E-state index in [-0.39, 0.29) is 5.41 Å². The summed E-state index contributed by atoms with van der Waals surface area (Å²) in [5.41, 5.74) is 1.28. The van der Waals surface area contributed by atoms with Crippen molar-refractivity contribution in [1.82, 2.24) is 20.5 Å². The Bertz CT molecular complexity index is 562. The van der Waals surface area contributed by atoms with E-state index in [1.807, 2.05) is 7.05 Å². The van der Waals surface area contributed by atoms with Crippen LogP contribution in [-0.2, 0) is 12.0 Å². The lowest BCUT2D eigenvalue weighted by Gasteiger charge is -2.33. The van der Waals surface area contributed by atoms with Crippen LogP contribution in [0.2, 0.25) is 0 Å². The largest absolute Gasteiger partial charge is 0.354 e. The molecule has 1 aromatic heterocycles. The van der Waals surface area contributed by atoms with E-state index >= 15 is 0 Å². The average Bonchev–Trinajstić information content (AvgIpc) is 3.28.